The highest BCUT2D eigenvalue weighted by Crippen LogP contribution is 2.11. The summed E-state index contributed by atoms with van der Waals surface area (Å²) in [6.07, 6.45) is -0.755. The summed E-state index contributed by atoms with van der Waals surface area (Å²) in [5.41, 5.74) is 7.19. The Hall–Kier alpha value is -4.10. The van der Waals surface area contributed by atoms with E-state index in [1.807, 2.05) is 0 Å². The van der Waals surface area contributed by atoms with Gasteiger partial charge in [0.15, 0.2) is 0 Å². The van der Waals surface area contributed by atoms with Crippen molar-refractivity contribution in [1.82, 2.24) is 16.0 Å². The Morgan fingerprint density at radius 3 is 1.82 bits per heavy atom. The molecule has 2 aromatic rings. The normalized spacial score (nSPS) is 13.8. The number of hydrogen-bond acceptors (Lipinski definition) is 8. The molecule has 0 aliphatic rings. The van der Waals surface area contributed by atoms with Crippen molar-refractivity contribution in [3.63, 3.8) is 0 Å². The van der Waals surface area contributed by atoms with Crippen molar-refractivity contribution in [2.75, 3.05) is 5.75 Å². The van der Waals surface area contributed by atoms with E-state index in [1.165, 1.54) is 12.1 Å². The van der Waals surface area contributed by atoms with Gasteiger partial charge in [0, 0.05) is 12.2 Å². The summed E-state index contributed by atoms with van der Waals surface area (Å²) in [4.78, 5) is 61.1. The van der Waals surface area contributed by atoms with Gasteiger partial charge in [0.25, 0.3) is 0 Å². The Morgan fingerprint density at radius 1 is 0.737 bits per heavy atom. The van der Waals surface area contributed by atoms with Crippen molar-refractivity contribution < 1.29 is 39.3 Å². The number of rotatable bonds is 14. The summed E-state index contributed by atoms with van der Waals surface area (Å²) in [5, 5.41) is 35.0. The smallest absolute Gasteiger partial charge is 0.326 e. The topological polar surface area (TPSA) is 208 Å². The molecular weight excluding hydrogens is 516 g/mol. The third kappa shape index (κ3) is 9.75. The zero-order valence-corrected chi connectivity index (χ0v) is 21.1. The van der Waals surface area contributed by atoms with Crippen LogP contribution < -0.4 is 21.7 Å². The largest absolute Gasteiger partial charge is 0.508 e. The Balaban J connectivity index is 2.04. The van der Waals surface area contributed by atoms with E-state index in [4.69, 9.17) is 5.73 Å². The van der Waals surface area contributed by atoms with Crippen LogP contribution in [0.15, 0.2) is 54.6 Å². The van der Waals surface area contributed by atoms with Gasteiger partial charge in [-0.1, -0.05) is 42.5 Å². The summed E-state index contributed by atoms with van der Waals surface area (Å²) >= 11 is 4.04. The van der Waals surface area contributed by atoms with Crippen LogP contribution in [0.3, 0.4) is 0 Å². The van der Waals surface area contributed by atoms with Gasteiger partial charge >= 0.3 is 11.9 Å². The zero-order chi connectivity index (χ0) is 28.2. The van der Waals surface area contributed by atoms with Gasteiger partial charge in [0.1, 0.15) is 23.9 Å². The minimum atomic E-state index is -1.57. The number of carbonyl (C=O) groups excluding carboxylic acids is 3. The highest BCUT2D eigenvalue weighted by Gasteiger charge is 2.31. The van der Waals surface area contributed by atoms with Gasteiger partial charge < -0.3 is 37.0 Å². The van der Waals surface area contributed by atoms with Crippen molar-refractivity contribution in [2.45, 2.75) is 43.4 Å². The number of nitrogens with two attached hydrogens (primary N) is 1. The van der Waals surface area contributed by atoms with E-state index in [-0.39, 0.29) is 24.3 Å². The molecule has 12 nitrogen and oxygen atoms in total. The Bertz CT molecular complexity index is 1130. The molecule has 0 heterocycles. The number of amides is 3. The lowest BCUT2D eigenvalue weighted by molar-refractivity contribution is -0.143. The lowest BCUT2D eigenvalue weighted by Gasteiger charge is -2.24. The molecule has 0 saturated carbocycles. The molecule has 38 heavy (non-hydrogen) atoms. The number of carboxylic acid groups (broad SMARTS) is 2. The number of phenolic OH excluding ortho intramolecular Hbond substituents is 1. The third-order valence-electron chi connectivity index (χ3n) is 5.45. The first kappa shape index (κ1) is 30.1. The summed E-state index contributed by atoms with van der Waals surface area (Å²) in [7, 11) is 0. The van der Waals surface area contributed by atoms with Crippen LogP contribution in [0, 0.1) is 0 Å². The average molecular weight is 547 g/mol. The van der Waals surface area contributed by atoms with Crippen LogP contribution in [0.5, 0.6) is 5.75 Å². The van der Waals surface area contributed by atoms with Gasteiger partial charge in [-0.05, 0) is 29.7 Å². The maximum atomic E-state index is 12.8. The standard InChI is InChI=1S/C25H30N4O8S/c26-17(10-15-6-8-16(30)9-7-15)22(33)27-18(12-21(31)32)23(34)29-20(13-38)24(35)28-19(25(36)37)11-14-4-2-1-3-5-14/h1-9,17-20,30,38H,10-13,26H2,(H,27,33)(H,28,35)(H,29,34)(H,31,32)(H,36,37). The molecule has 0 saturated heterocycles. The SMILES string of the molecule is NC(Cc1ccc(O)cc1)C(=O)NC(CC(=O)O)C(=O)NC(CS)C(=O)NC(Cc1ccccc1)C(=O)O. The van der Waals surface area contributed by atoms with Crippen LogP contribution >= 0.6 is 12.6 Å². The Morgan fingerprint density at radius 2 is 1.26 bits per heavy atom. The van der Waals surface area contributed by atoms with E-state index in [9.17, 15) is 39.3 Å². The van der Waals surface area contributed by atoms with Gasteiger partial charge in [0.05, 0.1) is 12.5 Å². The summed E-state index contributed by atoms with van der Waals surface area (Å²) in [6, 6.07) is 9.23. The van der Waals surface area contributed by atoms with Crippen LogP contribution in [0.2, 0.25) is 0 Å². The van der Waals surface area contributed by atoms with Crippen molar-refractivity contribution in [2.24, 2.45) is 5.73 Å². The molecule has 0 spiro atoms. The zero-order valence-electron chi connectivity index (χ0n) is 20.2. The van der Waals surface area contributed by atoms with Crippen molar-refractivity contribution in [3.8, 4) is 5.75 Å². The second kappa shape index (κ2) is 14.6. The second-order valence-corrected chi connectivity index (χ2v) is 8.83. The Labute approximate surface area is 224 Å². The first-order valence-corrected chi connectivity index (χ1v) is 12.2. The predicted octanol–water partition coefficient (Wildman–Crippen LogP) is -0.552. The fourth-order valence-corrected chi connectivity index (χ4v) is 3.69. The minimum Gasteiger partial charge on any atom is -0.508 e. The van der Waals surface area contributed by atoms with Crippen LogP contribution in [-0.2, 0) is 36.8 Å². The molecule has 13 heteroatoms. The maximum Gasteiger partial charge on any atom is 0.326 e. The first-order valence-electron chi connectivity index (χ1n) is 11.5. The van der Waals surface area contributed by atoms with E-state index >= 15 is 0 Å². The molecule has 2 aromatic carbocycles. The number of phenols is 1. The quantitative estimate of drug-likeness (QED) is 0.143. The number of aliphatic carboxylic acids is 2. The van der Waals surface area contributed by atoms with Gasteiger partial charge in [-0.25, -0.2) is 4.79 Å². The molecule has 0 bridgehead atoms. The highest BCUT2D eigenvalue weighted by atomic mass is 32.1. The number of carboxylic acids is 2. The molecule has 3 amide bonds. The maximum absolute atomic E-state index is 12.8. The number of thiol groups is 1. The molecule has 4 atom stereocenters. The van der Waals surface area contributed by atoms with Gasteiger partial charge in [-0.3, -0.25) is 19.2 Å². The van der Waals surface area contributed by atoms with Crippen LogP contribution in [0.1, 0.15) is 17.5 Å². The van der Waals surface area contributed by atoms with E-state index in [1.54, 1.807) is 42.5 Å². The Kier molecular flexibility index (Phi) is 11.6. The van der Waals surface area contributed by atoms with E-state index < -0.39 is 60.2 Å². The average Bonchev–Trinajstić information content (AvgIpc) is 2.87. The van der Waals surface area contributed by atoms with Crippen LogP contribution in [-0.4, -0.2) is 74.9 Å². The summed E-state index contributed by atoms with van der Waals surface area (Å²) in [5.74, 6) is -5.52. The number of benzene rings is 2. The molecule has 4 unspecified atom stereocenters. The van der Waals surface area contributed by atoms with Gasteiger partial charge in [0.2, 0.25) is 17.7 Å². The van der Waals surface area contributed by atoms with E-state index in [2.05, 4.69) is 28.6 Å². The van der Waals surface area contributed by atoms with Crippen molar-refractivity contribution in [3.05, 3.63) is 65.7 Å². The molecule has 0 aliphatic carbocycles. The summed E-state index contributed by atoms with van der Waals surface area (Å²) < 4.78 is 0. The fraction of sp³-hybridized carbons (Fsp3) is 0.320. The van der Waals surface area contributed by atoms with Crippen molar-refractivity contribution >= 4 is 42.3 Å². The molecule has 204 valence electrons. The molecular formula is C25H30N4O8S. The molecule has 8 N–H and O–H groups in total. The second-order valence-electron chi connectivity index (χ2n) is 8.47. The monoisotopic (exact) mass is 546 g/mol. The third-order valence-corrected chi connectivity index (χ3v) is 5.82. The minimum absolute atomic E-state index is 0.00817. The fourth-order valence-electron chi connectivity index (χ4n) is 3.43. The van der Waals surface area contributed by atoms with Gasteiger partial charge in [-0.15, -0.1) is 0 Å². The lowest BCUT2D eigenvalue weighted by Crippen LogP contribution is -2.58. The number of aromatic hydroxyl groups is 1. The predicted molar refractivity (Wildman–Crippen MR) is 139 cm³/mol. The van der Waals surface area contributed by atoms with E-state index in [0.29, 0.717) is 11.1 Å². The molecule has 2 rings (SSSR count). The number of carbonyl (C=O) groups is 5. The molecule has 0 aliphatic heterocycles. The number of hydrogen-bond donors (Lipinski definition) is 8. The van der Waals surface area contributed by atoms with Gasteiger partial charge in [-0.2, -0.15) is 12.6 Å². The van der Waals surface area contributed by atoms with E-state index in [0.717, 1.165) is 0 Å². The summed E-state index contributed by atoms with van der Waals surface area (Å²) in [6.45, 7) is 0. The first-order chi connectivity index (χ1) is 18.0. The number of nitrogens with one attached hydrogen (secondary N) is 3. The van der Waals surface area contributed by atoms with Crippen molar-refractivity contribution in [1.29, 1.82) is 0 Å². The lowest BCUT2D eigenvalue weighted by atomic mass is 10.0. The highest BCUT2D eigenvalue weighted by molar-refractivity contribution is 7.80. The van der Waals surface area contributed by atoms with Crippen LogP contribution in [0.25, 0.3) is 0 Å². The molecule has 0 radical (unpaired) electrons. The van der Waals surface area contributed by atoms with Crippen LogP contribution in [0.4, 0.5) is 0 Å². The molecule has 0 fully saturated rings. The molecule has 0 aromatic heterocycles.